The monoisotopic (exact) mass is 401 g/mol. The Morgan fingerprint density at radius 3 is 3.00 bits per heavy atom. The topological polar surface area (TPSA) is 97.3 Å². The molecule has 0 radical (unpaired) electrons. The van der Waals surface area contributed by atoms with E-state index in [1.807, 2.05) is 30.3 Å². The molecule has 2 atom stereocenters. The van der Waals surface area contributed by atoms with Crippen LogP contribution in [-0.4, -0.2) is 31.7 Å². The van der Waals surface area contributed by atoms with Crippen LogP contribution in [0.3, 0.4) is 0 Å². The van der Waals surface area contributed by atoms with E-state index < -0.39 is 17.9 Å². The van der Waals surface area contributed by atoms with Crippen LogP contribution in [-0.2, 0) is 14.0 Å². The lowest BCUT2D eigenvalue weighted by Gasteiger charge is -2.23. The molecule has 1 saturated heterocycles. The number of fused-ring (bicyclic) bond motifs is 1. The van der Waals surface area contributed by atoms with Gasteiger partial charge in [0.05, 0.1) is 18.4 Å². The summed E-state index contributed by atoms with van der Waals surface area (Å²) in [4.78, 5) is 17.6. The van der Waals surface area contributed by atoms with Crippen LogP contribution in [0.2, 0.25) is 0 Å². The number of halogens is 1. The van der Waals surface area contributed by atoms with Gasteiger partial charge in [0, 0.05) is 4.90 Å². The first-order valence-corrected chi connectivity index (χ1v) is 9.17. The van der Waals surface area contributed by atoms with E-state index in [2.05, 4.69) is 20.9 Å². The summed E-state index contributed by atoms with van der Waals surface area (Å²) in [6.07, 6.45) is 6.85. The fourth-order valence-electron chi connectivity index (χ4n) is 2.96. The van der Waals surface area contributed by atoms with Crippen molar-refractivity contribution in [2.75, 3.05) is 12.3 Å². The average Bonchev–Trinajstić information content (AvgIpc) is 3.31. The molecule has 2 aromatic heterocycles. The van der Waals surface area contributed by atoms with E-state index in [4.69, 9.17) is 26.1 Å². The van der Waals surface area contributed by atoms with Crippen LogP contribution in [0.25, 0.3) is 11.2 Å². The summed E-state index contributed by atoms with van der Waals surface area (Å²) in [7, 11) is 0. The number of benzene rings is 1. The Bertz CT molecular complexity index is 1030. The second-order valence-electron chi connectivity index (χ2n) is 6.18. The van der Waals surface area contributed by atoms with Gasteiger partial charge in [-0.2, -0.15) is 18.7 Å². The molecule has 2 N–H and O–H groups in total. The maximum atomic E-state index is 13.6. The molecule has 4 rings (SSSR count). The van der Waals surface area contributed by atoms with Gasteiger partial charge in [-0.15, -0.1) is 6.42 Å². The largest absolute Gasteiger partial charge is 0.382 e. The summed E-state index contributed by atoms with van der Waals surface area (Å²) >= 11 is 1.08. The molecule has 1 aliphatic heterocycles. The molecular formula is C18H16FN5O3S. The molecule has 0 amide bonds. The van der Waals surface area contributed by atoms with Crippen LogP contribution in [0.4, 0.5) is 10.2 Å². The molecule has 1 fully saturated rings. The van der Waals surface area contributed by atoms with Crippen molar-refractivity contribution < 1.29 is 18.3 Å². The number of nitrogens with zero attached hydrogens (tertiary/aromatic N) is 4. The van der Waals surface area contributed by atoms with Crippen LogP contribution >= 0.6 is 12.0 Å². The quantitative estimate of drug-likeness (QED) is 0.168. The number of anilines is 1. The third kappa shape index (κ3) is 3.65. The highest BCUT2D eigenvalue weighted by Gasteiger charge is 2.41. The van der Waals surface area contributed by atoms with Crippen molar-refractivity contribution in [1.82, 2.24) is 19.5 Å². The van der Waals surface area contributed by atoms with Crippen LogP contribution in [0.15, 0.2) is 41.6 Å². The maximum absolute atomic E-state index is 13.6. The molecule has 3 aromatic rings. The summed E-state index contributed by atoms with van der Waals surface area (Å²) in [6.45, 7) is 0.0396. The first-order valence-electron chi connectivity index (χ1n) is 8.42. The second-order valence-corrected chi connectivity index (χ2v) is 6.95. The molecule has 28 heavy (non-hydrogen) atoms. The molecule has 1 aliphatic rings. The third-order valence-corrected chi connectivity index (χ3v) is 4.99. The first kappa shape index (κ1) is 18.6. The van der Waals surface area contributed by atoms with Crippen molar-refractivity contribution in [2.45, 2.75) is 29.6 Å². The van der Waals surface area contributed by atoms with Gasteiger partial charge >= 0.3 is 6.08 Å². The van der Waals surface area contributed by atoms with E-state index in [9.17, 15) is 4.39 Å². The van der Waals surface area contributed by atoms with Crippen molar-refractivity contribution in [3.05, 3.63) is 42.7 Å². The molecule has 144 valence electrons. The number of rotatable bonds is 6. The van der Waals surface area contributed by atoms with E-state index in [1.54, 1.807) is 4.57 Å². The van der Waals surface area contributed by atoms with E-state index in [1.165, 1.54) is 6.33 Å². The fourth-order valence-corrected chi connectivity index (χ4v) is 3.41. The zero-order chi connectivity index (χ0) is 19.6. The minimum atomic E-state index is -0.977. The predicted molar refractivity (Wildman–Crippen MR) is 99.9 cm³/mol. The zero-order valence-electron chi connectivity index (χ0n) is 14.6. The molecule has 2 unspecified atom stereocenters. The highest BCUT2D eigenvalue weighted by molar-refractivity contribution is 7.94. The van der Waals surface area contributed by atoms with Crippen LogP contribution in [0.1, 0.15) is 19.1 Å². The number of aromatic nitrogens is 4. The molecule has 8 nitrogen and oxygen atoms in total. The van der Waals surface area contributed by atoms with E-state index >= 15 is 0 Å². The lowest BCUT2D eigenvalue weighted by atomic mass is 10.0. The van der Waals surface area contributed by atoms with Crippen molar-refractivity contribution in [1.29, 1.82) is 0 Å². The van der Waals surface area contributed by atoms with Gasteiger partial charge in [-0.3, -0.25) is 4.57 Å². The molecule has 0 aliphatic carbocycles. The number of terminal acetylenes is 1. The second kappa shape index (κ2) is 7.73. The minimum Gasteiger partial charge on any atom is -0.382 e. The van der Waals surface area contributed by atoms with Gasteiger partial charge in [-0.1, -0.05) is 24.1 Å². The number of ether oxygens (including phenoxy) is 1. The van der Waals surface area contributed by atoms with Gasteiger partial charge in [0.1, 0.15) is 12.8 Å². The van der Waals surface area contributed by atoms with Crippen LogP contribution in [0, 0.1) is 18.4 Å². The normalized spacial score (nSPS) is 21.8. The fraction of sp³-hybridized carbons (Fsp3) is 0.278. The van der Waals surface area contributed by atoms with Gasteiger partial charge in [-0.05, 0) is 25.0 Å². The number of imidazole rings is 1. The third-order valence-electron chi connectivity index (χ3n) is 4.36. The zero-order valence-corrected chi connectivity index (χ0v) is 15.4. The van der Waals surface area contributed by atoms with Crippen LogP contribution < -0.4 is 5.73 Å². The lowest BCUT2D eigenvalue weighted by Crippen LogP contribution is -2.32. The number of hydrogen-bond acceptors (Lipinski definition) is 8. The Morgan fingerprint density at radius 2 is 2.21 bits per heavy atom. The highest BCUT2D eigenvalue weighted by atomic mass is 32.2. The SMILES string of the molecule is C#CC1(COOSc2ccccc2)CCC(n2cnc3c(N)nc(F)nc32)O1. The molecular weight excluding hydrogens is 385 g/mol. The summed E-state index contributed by atoms with van der Waals surface area (Å²) in [5.41, 5.74) is 5.28. The Labute approximate surface area is 164 Å². The van der Waals surface area contributed by atoms with Crippen LogP contribution in [0.5, 0.6) is 0 Å². The predicted octanol–water partition coefficient (Wildman–Crippen LogP) is 2.88. The molecule has 0 spiro atoms. The van der Waals surface area contributed by atoms with Gasteiger partial charge in [0.15, 0.2) is 22.6 Å². The summed E-state index contributed by atoms with van der Waals surface area (Å²) < 4.78 is 26.3. The van der Waals surface area contributed by atoms with Crippen molar-refractivity contribution in [3.8, 4) is 12.3 Å². The van der Waals surface area contributed by atoms with E-state index in [-0.39, 0.29) is 18.1 Å². The van der Waals surface area contributed by atoms with Crippen molar-refractivity contribution in [2.24, 2.45) is 0 Å². The lowest BCUT2D eigenvalue weighted by molar-refractivity contribution is -0.228. The average molecular weight is 401 g/mol. The van der Waals surface area contributed by atoms with E-state index in [0.717, 1.165) is 16.9 Å². The maximum Gasteiger partial charge on any atom is 0.312 e. The van der Waals surface area contributed by atoms with Gasteiger partial charge in [-0.25, -0.2) is 9.87 Å². The first-order chi connectivity index (χ1) is 13.6. The smallest absolute Gasteiger partial charge is 0.312 e. The van der Waals surface area contributed by atoms with Gasteiger partial charge in [0.25, 0.3) is 0 Å². The molecule has 3 heterocycles. The molecule has 0 bridgehead atoms. The Balaban J connectivity index is 1.42. The van der Waals surface area contributed by atoms with Crippen molar-refractivity contribution in [3.63, 3.8) is 0 Å². The minimum absolute atomic E-state index is 0.0304. The van der Waals surface area contributed by atoms with Crippen molar-refractivity contribution >= 4 is 29.0 Å². The number of hydrogen-bond donors (Lipinski definition) is 1. The molecule has 10 heteroatoms. The molecule has 1 aromatic carbocycles. The van der Waals surface area contributed by atoms with Gasteiger partial charge in [0.2, 0.25) is 0 Å². The number of nitrogens with two attached hydrogens (primary N) is 1. The standard InChI is InChI=1S/C18H16FN5O3S/c1-2-18(10-25-27-28-12-6-4-3-5-7-12)9-8-13(26-18)24-11-21-14-15(20)22-17(19)23-16(14)24/h1,3-7,11,13H,8-10H2,(H2,20,22,23). The highest BCUT2D eigenvalue weighted by Crippen LogP contribution is 2.38. The van der Waals surface area contributed by atoms with E-state index in [0.29, 0.717) is 18.4 Å². The Morgan fingerprint density at radius 1 is 1.39 bits per heavy atom. The summed E-state index contributed by atoms with van der Waals surface area (Å²) in [5.74, 6) is 2.61. The summed E-state index contributed by atoms with van der Waals surface area (Å²) in [5, 5.41) is 0. The number of nitrogen functional groups attached to an aromatic ring is 1. The Kier molecular flexibility index (Phi) is 5.15. The Hall–Kier alpha value is -2.71. The molecule has 0 saturated carbocycles. The van der Waals surface area contributed by atoms with Gasteiger partial charge < -0.3 is 10.5 Å². The summed E-state index contributed by atoms with van der Waals surface area (Å²) in [6, 6.07) is 9.49.